The SMILES string of the molecule is NC(=O)c1ncc(NC2CCCCC2N)nc1Nc1cncnc1. The third kappa shape index (κ3) is 3.74. The Hall–Kier alpha value is -2.81. The van der Waals surface area contributed by atoms with Crippen LogP contribution >= 0.6 is 0 Å². The van der Waals surface area contributed by atoms with E-state index in [-0.39, 0.29) is 23.6 Å². The molecule has 9 nitrogen and oxygen atoms in total. The fourth-order valence-electron chi connectivity index (χ4n) is 2.76. The van der Waals surface area contributed by atoms with Crippen LogP contribution in [0.25, 0.3) is 0 Å². The van der Waals surface area contributed by atoms with Gasteiger partial charge in [-0.05, 0) is 12.8 Å². The van der Waals surface area contributed by atoms with Crippen molar-refractivity contribution >= 4 is 23.2 Å². The molecule has 0 saturated heterocycles. The number of carbonyl (C=O) groups excluding carboxylic acids is 1. The van der Waals surface area contributed by atoms with Gasteiger partial charge in [-0.25, -0.2) is 19.9 Å². The van der Waals surface area contributed by atoms with Gasteiger partial charge in [0.05, 0.1) is 24.3 Å². The molecule has 0 aliphatic heterocycles. The van der Waals surface area contributed by atoms with E-state index >= 15 is 0 Å². The molecule has 0 aromatic carbocycles. The van der Waals surface area contributed by atoms with Crippen LogP contribution in [0.15, 0.2) is 24.9 Å². The van der Waals surface area contributed by atoms with Crippen molar-refractivity contribution in [3.63, 3.8) is 0 Å². The Morgan fingerprint density at radius 2 is 1.92 bits per heavy atom. The summed E-state index contributed by atoms with van der Waals surface area (Å²) in [6.07, 6.45) is 10.3. The number of nitrogens with one attached hydrogen (secondary N) is 2. The molecule has 9 heteroatoms. The molecule has 3 rings (SSSR count). The van der Waals surface area contributed by atoms with Crippen molar-refractivity contribution in [3.05, 3.63) is 30.6 Å². The van der Waals surface area contributed by atoms with Crippen molar-refractivity contribution in [2.24, 2.45) is 11.5 Å². The van der Waals surface area contributed by atoms with Gasteiger partial charge < -0.3 is 22.1 Å². The molecule has 2 heterocycles. The second-order valence-corrected chi connectivity index (χ2v) is 5.77. The predicted octanol–water partition coefficient (Wildman–Crippen LogP) is 0.791. The maximum Gasteiger partial charge on any atom is 0.271 e. The number of aromatic nitrogens is 4. The van der Waals surface area contributed by atoms with Crippen LogP contribution in [0.5, 0.6) is 0 Å². The van der Waals surface area contributed by atoms with Crippen LogP contribution in [0, 0.1) is 0 Å². The van der Waals surface area contributed by atoms with Crippen molar-refractivity contribution in [1.82, 2.24) is 19.9 Å². The van der Waals surface area contributed by atoms with Crippen LogP contribution in [-0.4, -0.2) is 37.9 Å². The van der Waals surface area contributed by atoms with E-state index in [1.54, 1.807) is 12.4 Å². The monoisotopic (exact) mass is 328 g/mol. The molecule has 1 saturated carbocycles. The predicted molar refractivity (Wildman–Crippen MR) is 89.7 cm³/mol. The second kappa shape index (κ2) is 7.18. The van der Waals surface area contributed by atoms with Crippen LogP contribution in [-0.2, 0) is 0 Å². The van der Waals surface area contributed by atoms with E-state index in [9.17, 15) is 4.79 Å². The Morgan fingerprint density at radius 3 is 2.62 bits per heavy atom. The van der Waals surface area contributed by atoms with Gasteiger partial charge in [0.25, 0.3) is 5.91 Å². The Balaban J connectivity index is 1.83. The number of carbonyl (C=O) groups is 1. The fourth-order valence-corrected chi connectivity index (χ4v) is 2.76. The number of rotatable bonds is 5. The zero-order chi connectivity index (χ0) is 16.9. The number of nitrogens with two attached hydrogens (primary N) is 2. The minimum atomic E-state index is -0.664. The highest BCUT2D eigenvalue weighted by molar-refractivity contribution is 5.96. The van der Waals surface area contributed by atoms with Crippen LogP contribution < -0.4 is 22.1 Å². The lowest BCUT2D eigenvalue weighted by molar-refractivity contribution is 0.0996. The number of primary amides is 1. The zero-order valence-corrected chi connectivity index (χ0v) is 13.1. The van der Waals surface area contributed by atoms with E-state index in [1.807, 2.05) is 0 Å². The first-order valence-corrected chi connectivity index (χ1v) is 7.84. The molecule has 0 spiro atoms. The topological polar surface area (TPSA) is 145 Å². The summed E-state index contributed by atoms with van der Waals surface area (Å²) in [4.78, 5) is 27.9. The average molecular weight is 328 g/mol. The van der Waals surface area contributed by atoms with Crippen molar-refractivity contribution < 1.29 is 4.79 Å². The first kappa shape index (κ1) is 16.1. The molecule has 0 bridgehead atoms. The summed E-state index contributed by atoms with van der Waals surface area (Å²) in [6.45, 7) is 0. The highest BCUT2D eigenvalue weighted by Gasteiger charge is 2.22. The number of hydrogen-bond donors (Lipinski definition) is 4. The summed E-state index contributed by atoms with van der Waals surface area (Å²) in [5.41, 5.74) is 12.2. The lowest BCUT2D eigenvalue weighted by Crippen LogP contribution is -2.42. The van der Waals surface area contributed by atoms with Gasteiger partial charge in [0.2, 0.25) is 0 Å². The summed E-state index contributed by atoms with van der Waals surface area (Å²) in [7, 11) is 0. The van der Waals surface area contributed by atoms with Crippen molar-refractivity contribution in [3.8, 4) is 0 Å². The average Bonchev–Trinajstić information content (AvgIpc) is 2.58. The lowest BCUT2D eigenvalue weighted by Gasteiger charge is -2.29. The van der Waals surface area contributed by atoms with E-state index < -0.39 is 5.91 Å². The number of nitrogens with zero attached hydrogens (tertiary/aromatic N) is 4. The molecule has 24 heavy (non-hydrogen) atoms. The zero-order valence-electron chi connectivity index (χ0n) is 13.1. The van der Waals surface area contributed by atoms with Gasteiger partial charge in [0, 0.05) is 12.1 Å². The molecule has 126 valence electrons. The molecular formula is C15H20N8O. The van der Waals surface area contributed by atoms with Gasteiger partial charge in [-0.2, -0.15) is 0 Å². The summed E-state index contributed by atoms with van der Waals surface area (Å²) >= 11 is 0. The number of anilines is 3. The molecule has 1 amide bonds. The van der Waals surface area contributed by atoms with Gasteiger partial charge >= 0.3 is 0 Å². The Morgan fingerprint density at radius 1 is 1.17 bits per heavy atom. The summed E-state index contributed by atoms with van der Waals surface area (Å²) in [6, 6.07) is 0.218. The Kier molecular flexibility index (Phi) is 4.80. The smallest absolute Gasteiger partial charge is 0.271 e. The highest BCUT2D eigenvalue weighted by atomic mass is 16.1. The molecule has 1 fully saturated rings. The molecule has 2 unspecified atom stereocenters. The van der Waals surface area contributed by atoms with E-state index in [4.69, 9.17) is 11.5 Å². The Labute approximate surface area is 139 Å². The number of amides is 1. The van der Waals surface area contributed by atoms with Gasteiger partial charge in [-0.3, -0.25) is 4.79 Å². The number of hydrogen-bond acceptors (Lipinski definition) is 8. The quantitative estimate of drug-likeness (QED) is 0.630. The van der Waals surface area contributed by atoms with Gasteiger partial charge in [-0.15, -0.1) is 0 Å². The first-order chi connectivity index (χ1) is 11.6. The van der Waals surface area contributed by atoms with Crippen molar-refractivity contribution in [2.75, 3.05) is 10.6 Å². The van der Waals surface area contributed by atoms with E-state index in [0.29, 0.717) is 11.5 Å². The molecule has 1 aliphatic rings. The largest absolute Gasteiger partial charge is 0.364 e. The summed E-state index contributed by atoms with van der Waals surface area (Å²) < 4.78 is 0. The lowest BCUT2D eigenvalue weighted by atomic mass is 9.91. The molecular weight excluding hydrogens is 308 g/mol. The maximum absolute atomic E-state index is 11.6. The van der Waals surface area contributed by atoms with Gasteiger partial charge in [0.15, 0.2) is 11.5 Å². The highest BCUT2D eigenvalue weighted by Crippen LogP contribution is 2.22. The van der Waals surface area contributed by atoms with Gasteiger partial charge in [0.1, 0.15) is 12.1 Å². The van der Waals surface area contributed by atoms with Crippen LogP contribution in [0.2, 0.25) is 0 Å². The second-order valence-electron chi connectivity index (χ2n) is 5.77. The van der Waals surface area contributed by atoms with Crippen LogP contribution in [0.1, 0.15) is 36.2 Å². The van der Waals surface area contributed by atoms with E-state index in [1.165, 1.54) is 12.5 Å². The third-order valence-corrected chi connectivity index (χ3v) is 3.98. The fraction of sp³-hybridized carbons (Fsp3) is 0.400. The normalized spacial score (nSPS) is 20.4. The standard InChI is InChI=1S/C15H20N8O/c16-10-3-1-2-4-11(10)22-12-7-20-13(14(17)24)15(23-12)21-9-5-18-8-19-6-9/h5-8,10-11H,1-4,16H2,(H2,17,24)(H2,21,22,23). The van der Waals surface area contributed by atoms with Crippen molar-refractivity contribution in [2.45, 2.75) is 37.8 Å². The third-order valence-electron chi connectivity index (χ3n) is 3.98. The maximum atomic E-state index is 11.6. The minimum Gasteiger partial charge on any atom is -0.364 e. The van der Waals surface area contributed by atoms with Crippen LogP contribution in [0.4, 0.5) is 17.3 Å². The summed E-state index contributed by atoms with van der Waals surface area (Å²) in [5, 5.41) is 6.27. The molecule has 0 radical (unpaired) electrons. The molecule has 6 N–H and O–H groups in total. The van der Waals surface area contributed by atoms with Crippen molar-refractivity contribution in [1.29, 1.82) is 0 Å². The first-order valence-electron chi connectivity index (χ1n) is 7.84. The van der Waals surface area contributed by atoms with E-state index in [0.717, 1.165) is 25.7 Å². The van der Waals surface area contributed by atoms with Gasteiger partial charge in [-0.1, -0.05) is 12.8 Å². The molecule has 1 aliphatic carbocycles. The molecule has 2 aromatic rings. The van der Waals surface area contributed by atoms with Crippen LogP contribution in [0.3, 0.4) is 0 Å². The summed E-state index contributed by atoms with van der Waals surface area (Å²) in [5.74, 6) is 0.135. The van der Waals surface area contributed by atoms with E-state index in [2.05, 4.69) is 30.6 Å². The molecule has 2 atom stereocenters. The Bertz CT molecular complexity index is 708. The minimum absolute atomic E-state index is 0.0531. The molecule has 2 aromatic heterocycles.